The second-order valence-electron chi connectivity index (χ2n) is 4.71. The van der Waals surface area contributed by atoms with Crippen molar-refractivity contribution in [2.24, 2.45) is 0 Å². The Hall–Kier alpha value is -1.99. The first-order valence-electron chi connectivity index (χ1n) is 6.75. The van der Waals surface area contributed by atoms with Crippen molar-refractivity contribution < 1.29 is 19.1 Å². The molecule has 2 aromatic rings. The molecule has 120 valence electrons. The van der Waals surface area contributed by atoms with Gasteiger partial charge in [-0.25, -0.2) is 4.79 Å². The van der Waals surface area contributed by atoms with Crippen LogP contribution in [0.25, 0.3) is 0 Å². The number of ketones is 1. The van der Waals surface area contributed by atoms with Crippen molar-refractivity contribution in [2.45, 2.75) is 13.5 Å². The molecule has 1 N–H and O–H groups in total. The van der Waals surface area contributed by atoms with E-state index in [9.17, 15) is 14.4 Å². The highest BCUT2D eigenvalue weighted by atomic mass is 79.9. The fraction of sp³-hybridized carbons (Fsp3) is 0.188. The number of amides is 1. The molecule has 1 heterocycles. The van der Waals surface area contributed by atoms with E-state index in [1.807, 2.05) is 0 Å². The van der Waals surface area contributed by atoms with Crippen molar-refractivity contribution in [3.05, 3.63) is 56.2 Å². The molecule has 0 radical (unpaired) electrons. The van der Waals surface area contributed by atoms with Crippen LogP contribution in [0.4, 0.5) is 0 Å². The lowest BCUT2D eigenvalue weighted by molar-refractivity contribution is -0.119. The number of halogens is 1. The van der Waals surface area contributed by atoms with E-state index < -0.39 is 5.97 Å². The minimum atomic E-state index is -0.556. The average molecular weight is 396 g/mol. The fourth-order valence-electron chi connectivity index (χ4n) is 1.73. The molecule has 23 heavy (non-hydrogen) atoms. The molecule has 0 saturated heterocycles. The summed E-state index contributed by atoms with van der Waals surface area (Å²) >= 11 is 4.57. The van der Waals surface area contributed by atoms with Gasteiger partial charge in [0.05, 0.1) is 14.2 Å². The lowest BCUT2D eigenvalue weighted by Gasteiger charge is -2.05. The number of Topliss-reactive ketones (excluding diaryl/α,β-unsaturated/α-hetero) is 1. The van der Waals surface area contributed by atoms with E-state index in [-0.39, 0.29) is 18.3 Å². The van der Waals surface area contributed by atoms with Crippen molar-refractivity contribution in [3.8, 4) is 0 Å². The van der Waals surface area contributed by atoms with Crippen molar-refractivity contribution >= 4 is 44.9 Å². The van der Waals surface area contributed by atoms with Gasteiger partial charge in [-0.15, -0.1) is 11.3 Å². The summed E-state index contributed by atoms with van der Waals surface area (Å²) in [6, 6.07) is 10.1. The highest BCUT2D eigenvalue weighted by Gasteiger charge is 2.13. The van der Waals surface area contributed by atoms with Gasteiger partial charge in [-0.2, -0.15) is 0 Å². The topological polar surface area (TPSA) is 72.5 Å². The summed E-state index contributed by atoms with van der Waals surface area (Å²) in [5.41, 5.74) is 1.23. The van der Waals surface area contributed by atoms with Crippen LogP contribution in [-0.2, 0) is 16.1 Å². The number of hydrogen-bond donors (Lipinski definition) is 1. The zero-order valence-electron chi connectivity index (χ0n) is 12.3. The van der Waals surface area contributed by atoms with E-state index in [1.54, 1.807) is 36.4 Å². The highest BCUT2D eigenvalue weighted by molar-refractivity contribution is 9.11. The Morgan fingerprint density at radius 1 is 1.13 bits per heavy atom. The smallest absolute Gasteiger partial charge is 0.338 e. The quantitative estimate of drug-likeness (QED) is 0.601. The Labute approximate surface area is 145 Å². The molecule has 0 fully saturated rings. The largest absolute Gasteiger partial charge is 0.454 e. The van der Waals surface area contributed by atoms with Crippen LogP contribution in [-0.4, -0.2) is 24.3 Å². The molecule has 0 aliphatic carbocycles. The summed E-state index contributed by atoms with van der Waals surface area (Å²) in [5, 5.41) is 2.67. The second-order valence-corrected chi connectivity index (χ2v) is 7.17. The Bertz CT molecular complexity index is 724. The molecule has 5 nitrogen and oxygen atoms in total. The van der Waals surface area contributed by atoms with E-state index in [2.05, 4.69) is 21.2 Å². The van der Waals surface area contributed by atoms with E-state index >= 15 is 0 Å². The van der Waals surface area contributed by atoms with Crippen LogP contribution in [0.5, 0.6) is 0 Å². The van der Waals surface area contributed by atoms with E-state index in [1.165, 1.54) is 18.3 Å². The zero-order valence-corrected chi connectivity index (χ0v) is 14.7. The molecule has 0 atom stereocenters. The van der Waals surface area contributed by atoms with Gasteiger partial charge in [0.25, 0.3) is 0 Å². The Kier molecular flexibility index (Phi) is 6.06. The van der Waals surface area contributed by atoms with Gasteiger partial charge < -0.3 is 10.1 Å². The molecule has 0 spiro atoms. The van der Waals surface area contributed by atoms with Gasteiger partial charge in [-0.05, 0) is 45.8 Å². The second kappa shape index (κ2) is 8.03. The molecule has 1 aromatic heterocycles. The lowest BCUT2D eigenvalue weighted by atomic mass is 10.1. The maximum atomic E-state index is 11.9. The zero-order chi connectivity index (χ0) is 16.8. The monoisotopic (exact) mass is 395 g/mol. The molecule has 2 rings (SSSR count). The maximum absolute atomic E-state index is 11.9. The minimum absolute atomic E-state index is 0.118. The van der Waals surface area contributed by atoms with Gasteiger partial charge in [0, 0.05) is 13.5 Å². The molecule has 1 amide bonds. The van der Waals surface area contributed by atoms with Crippen LogP contribution in [0.2, 0.25) is 0 Å². The SMILES string of the molecule is CC(=O)NCc1ccc(C(=O)OCC(=O)c2ccc(Br)s2)cc1. The number of hydrogen-bond acceptors (Lipinski definition) is 5. The molecule has 0 aliphatic rings. The highest BCUT2D eigenvalue weighted by Crippen LogP contribution is 2.22. The van der Waals surface area contributed by atoms with Crippen LogP contribution in [0, 0.1) is 0 Å². The van der Waals surface area contributed by atoms with Crippen molar-refractivity contribution in [1.29, 1.82) is 0 Å². The molecule has 0 bridgehead atoms. The van der Waals surface area contributed by atoms with Crippen molar-refractivity contribution in [3.63, 3.8) is 0 Å². The van der Waals surface area contributed by atoms with Crippen LogP contribution in [0.3, 0.4) is 0 Å². The summed E-state index contributed by atoms with van der Waals surface area (Å²) in [7, 11) is 0. The third kappa shape index (κ3) is 5.30. The standard InChI is InChI=1S/C16H14BrNO4S/c1-10(19)18-8-11-2-4-12(5-3-11)16(21)22-9-13(20)14-6-7-15(17)23-14/h2-7H,8-9H2,1H3,(H,18,19). The predicted octanol–water partition coefficient (Wildman–Crippen LogP) is 3.19. The summed E-state index contributed by atoms with van der Waals surface area (Å²) in [4.78, 5) is 35.2. The third-order valence-electron chi connectivity index (χ3n) is 2.91. The average Bonchev–Trinajstić information content (AvgIpc) is 2.97. The lowest BCUT2D eigenvalue weighted by Crippen LogP contribution is -2.19. The number of thiophene rings is 1. The van der Waals surface area contributed by atoms with Crippen LogP contribution in [0.1, 0.15) is 32.5 Å². The van der Waals surface area contributed by atoms with Gasteiger partial charge in [-0.3, -0.25) is 9.59 Å². The van der Waals surface area contributed by atoms with Gasteiger partial charge in [-0.1, -0.05) is 12.1 Å². The first-order valence-corrected chi connectivity index (χ1v) is 8.35. The number of carbonyl (C=O) groups excluding carboxylic acids is 3. The van der Waals surface area contributed by atoms with E-state index in [0.29, 0.717) is 17.0 Å². The van der Waals surface area contributed by atoms with E-state index in [0.717, 1.165) is 9.35 Å². The molecular formula is C16H14BrNO4S. The summed E-state index contributed by atoms with van der Waals surface area (Å²) in [6.45, 7) is 1.55. The van der Waals surface area contributed by atoms with Crippen LogP contribution >= 0.6 is 27.3 Å². The Morgan fingerprint density at radius 3 is 2.39 bits per heavy atom. The van der Waals surface area contributed by atoms with Crippen molar-refractivity contribution in [1.82, 2.24) is 5.32 Å². The molecular weight excluding hydrogens is 382 g/mol. The number of rotatable bonds is 6. The number of nitrogens with one attached hydrogen (secondary N) is 1. The molecule has 0 unspecified atom stereocenters. The number of carbonyl (C=O) groups is 3. The third-order valence-corrected chi connectivity index (χ3v) is 4.58. The molecule has 7 heteroatoms. The van der Waals surface area contributed by atoms with Crippen LogP contribution < -0.4 is 5.32 Å². The van der Waals surface area contributed by atoms with Gasteiger partial charge in [0.1, 0.15) is 0 Å². The Balaban J connectivity index is 1.88. The minimum Gasteiger partial charge on any atom is -0.454 e. The summed E-state index contributed by atoms with van der Waals surface area (Å²) < 4.78 is 5.87. The van der Waals surface area contributed by atoms with Crippen molar-refractivity contribution in [2.75, 3.05) is 6.61 Å². The number of esters is 1. The van der Waals surface area contributed by atoms with Crippen LogP contribution in [0.15, 0.2) is 40.2 Å². The normalized spacial score (nSPS) is 10.2. The molecule has 0 saturated carbocycles. The first kappa shape index (κ1) is 17.4. The van der Waals surface area contributed by atoms with Gasteiger partial charge in [0.2, 0.25) is 11.7 Å². The number of ether oxygens (including phenoxy) is 1. The number of benzene rings is 1. The summed E-state index contributed by atoms with van der Waals surface area (Å²) in [5.74, 6) is -0.913. The predicted molar refractivity (Wildman–Crippen MR) is 90.6 cm³/mol. The molecule has 0 aliphatic heterocycles. The maximum Gasteiger partial charge on any atom is 0.338 e. The summed E-state index contributed by atoms with van der Waals surface area (Å²) in [6.07, 6.45) is 0. The van der Waals surface area contributed by atoms with Gasteiger partial charge in [0.15, 0.2) is 6.61 Å². The van der Waals surface area contributed by atoms with E-state index in [4.69, 9.17) is 4.74 Å². The molecule has 1 aromatic carbocycles. The first-order chi connectivity index (χ1) is 11.0. The Morgan fingerprint density at radius 2 is 1.83 bits per heavy atom. The fourth-order valence-corrected chi connectivity index (χ4v) is 3.05. The van der Waals surface area contributed by atoms with Gasteiger partial charge >= 0.3 is 5.97 Å².